The topological polar surface area (TPSA) is 43.4 Å². The van der Waals surface area contributed by atoms with Crippen LogP contribution in [0.2, 0.25) is 0 Å². The second kappa shape index (κ2) is 4.12. The van der Waals surface area contributed by atoms with E-state index in [2.05, 4.69) is 0 Å². The smallest absolute Gasteiger partial charge is 0.426 e. The van der Waals surface area contributed by atoms with Crippen molar-refractivity contribution < 1.29 is 27.5 Å². The number of fused-ring (bicyclic) bond motifs is 1. The summed E-state index contributed by atoms with van der Waals surface area (Å²) in [5.74, 6) is -4.20. The lowest BCUT2D eigenvalue weighted by Gasteiger charge is -2.24. The van der Waals surface area contributed by atoms with Crippen LogP contribution in [0, 0.1) is 6.92 Å². The summed E-state index contributed by atoms with van der Waals surface area (Å²) in [6, 6.07) is 4.42. The Labute approximate surface area is 101 Å². The van der Waals surface area contributed by atoms with Crippen LogP contribution in [0.5, 0.6) is 5.75 Å². The number of Topliss-reactive ketones (excluding diaryl/α,β-unsaturated/α-hetero) is 1. The molecule has 1 atom stereocenters. The minimum Gasteiger partial charge on any atom is -0.426 e. The number of hydrogen-bond donors (Lipinski definition) is 0. The van der Waals surface area contributed by atoms with E-state index < -0.39 is 30.3 Å². The first kappa shape index (κ1) is 12.6. The number of carbonyl (C=O) groups excluding carboxylic acids is 2. The van der Waals surface area contributed by atoms with E-state index in [0.29, 0.717) is 0 Å². The molecule has 0 spiro atoms. The van der Waals surface area contributed by atoms with Gasteiger partial charge in [-0.15, -0.1) is 0 Å². The van der Waals surface area contributed by atoms with Crippen molar-refractivity contribution in [2.24, 2.45) is 0 Å². The number of ketones is 1. The lowest BCUT2D eigenvalue weighted by molar-refractivity contribution is -0.174. The van der Waals surface area contributed by atoms with Crippen molar-refractivity contribution in [3.63, 3.8) is 0 Å². The minimum atomic E-state index is -4.95. The molecule has 96 valence electrons. The van der Waals surface area contributed by atoms with Gasteiger partial charge in [-0.25, -0.2) is 0 Å². The maximum absolute atomic E-state index is 12.4. The first-order valence-electron chi connectivity index (χ1n) is 5.21. The van der Waals surface area contributed by atoms with Crippen LogP contribution in [0.4, 0.5) is 13.2 Å². The molecule has 0 aromatic heterocycles. The maximum atomic E-state index is 12.4. The van der Waals surface area contributed by atoms with Crippen LogP contribution in [0.25, 0.3) is 0 Å². The van der Waals surface area contributed by atoms with Gasteiger partial charge in [-0.05, 0) is 18.6 Å². The Morgan fingerprint density at radius 1 is 1.39 bits per heavy atom. The molecule has 1 aromatic carbocycles. The van der Waals surface area contributed by atoms with Gasteiger partial charge in [0.15, 0.2) is 0 Å². The second-order valence-corrected chi connectivity index (χ2v) is 4.13. The molecule has 0 unspecified atom stereocenters. The average molecular weight is 258 g/mol. The van der Waals surface area contributed by atoms with E-state index in [-0.39, 0.29) is 11.3 Å². The SMILES string of the molecule is Cc1ccc2c(c1)OC(=O)C[C@@H]2C(=O)C(F)(F)F. The number of benzene rings is 1. The summed E-state index contributed by atoms with van der Waals surface area (Å²) >= 11 is 0. The van der Waals surface area contributed by atoms with Gasteiger partial charge in [0.2, 0.25) is 5.78 Å². The Kier molecular flexibility index (Phi) is 2.88. The van der Waals surface area contributed by atoms with Gasteiger partial charge < -0.3 is 4.74 Å². The highest BCUT2D eigenvalue weighted by molar-refractivity contribution is 5.96. The van der Waals surface area contributed by atoms with E-state index in [0.717, 1.165) is 5.56 Å². The van der Waals surface area contributed by atoms with Gasteiger partial charge in [-0.3, -0.25) is 9.59 Å². The van der Waals surface area contributed by atoms with Gasteiger partial charge in [0.25, 0.3) is 0 Å². The minimum absolute atomic E-state index is 0.0360. The number of aryl methyl sites for hydroxylation is 1. The third-order valence-corrected chi connectivity index (χ3v) is 2.73. The summed E-state index contributed by atoms with van der Waals surface area (Å²) < 4.78 is 42.1. The fourth-order valence-electron chi connectivity index (χ4n) is 1.89. The highest BCUT2D eigenvalue weighted by Crippen LogP contribution is 2.38. The highest BCUT2D eigenvalue weighted by atomic mass is 19.4. The van der Waals surface area contributed by atoms with E-state index >= 15 is 0 Å². The summed E-state index contributed by atoms with van der Waals surface area (Å²) in [7, 11) is 0. The van der Waals surface area contributed by atoms with Gasteiger partial charge in [0.05, 0.1) is 12.3 Å². The molecule has 2 rings (SSSR count). The van der Waals surface area contributed by atoms with Gasteiger partial charge in [-0.1, -0.05) is 12.1 Å². The van der Waals surface area contributed by atoms with E-state index in [1.807, 2.05) is 0 Å². The summed E-state index contributed by atoms with van der Waals surface area (Å²) in [4.78, 5) is 22.5. The largest absolute Gasteiger partial charge is 0.450 e. The Hall–Kier alpha value is -1.85. The Balaban J connectivity index is 2.46. The molecule has 1 aliphatic rings. The molecule has 1 aliphatic heterocycles. The first-order chi connectivity index (χ1) is 8.29. The van der Waals surface area contributed by atoms with E-state index in [9.17, 15) is 22.8 Å². The van der Waals surface area contributed by atoms with Crippen molar-refractivity contribution in [1.82, 2.24) is 0 Å². The second-order valence-electron chi connectivity index (χ2n) is 4.13. The molecule has 0 radical (unpaired) electrons. The van der Waals surface area contributed by atoms with Crippen LogP contribution in [-0.2, 0) is 9.59 Å². The van der Waals surface area contributed by atoms with Crippen LogP contribution >= 0.6 is 0 Å². The van der Waals surface area contributed by atoms with Gasteiger partial charge in [0, 0.05) is 5.56 Å². The standard InChI is InChI=1S/C12H9F3O3/c1-6-2-3-7-8(11(17)12(13,14)15)5-10(16)18-9(7)4-6/h2-4,8H,5H2,1H3/t8-/m0/s1. The number of ether oxygens (including phenoxy) is 1. The number of alkyl halides is 3. The molecule has 0 saturated carbocycles. The van der Waals surface area contributed by atoms with Gasteiger partial charge >= 0.3 is 12.1 Å². The zero-order valence-electron chi connectivity index (χ0n) is 9.38. The van der Waals surface area contributed by atoms with Crippen LogP contribution in [-0.4, -0.2) is 17.9 Å². The molecule has 1 aromatic rings. The quantitative estimate of drug-likeness (QED) is 0.574. The van der Waals surface area contributed by atoms with Crippen molar-refractivity contribution in [1.29, 1.82) is 0 Å². The average Bonchev–Trinajstić information content (AvgIpc) is 2.25. The summed E-state index contributed by atoms with van der Waals surface area (Å²) in [6.45, 7) is 1.71. The van der Waals surface area contributed by atoms with Crippen LogP contribution in [0.3, 0.4) is 0 Å². The number of hydrogen-bond acceptors (Lipinski definition) is 3. The maximum Gasteiger partial charge on any atom is 0.450 e. The molecule has 18 heavy (non-hydrogen) atoms. The van der Waals surface area contributed by atoms with Crippen LogP contribution < -0.4 is 4.74 Å². The normalized spacial score (nSPS) is 19.1. The number of halogens is 3. The van der Waals surface area contributed by atoms with Crippen molar-refractivity contribution >= 4 is 11.8 Å². The molecule has 0 amide bonds. The Morgan fingerprint density at radius 2 is 2.06 bits per heavy atom. The zero-order chi connectivity index (χ0) is 13.5. The molecular formula is C12H9F3O3. The van der Waals surface area contributed by atoms with Crippen molar-refractivity contribution in [3.8, 4) is 5.75 Å². The lowest BCUT2D eigenvalue weighted by atomic mass is 9.88. The third kappa shape index (κ3) is 2.23. The van der Waals surface area contributed by atoms with Crippen LogP contribution in [0.15, 0.2) is 18.2 Å². The summed E-state index contributed by atoms with van der Waals surface area (Å²) in [6.07, 6.45) is -5.53. The van der Waals surface area contributed by atoms with Crippen molar-refractivity contribution in [3.05, 3.63) is 29.3 Å². The molecule has 0 fully saturated rings. The molecule has 6 heteroatoms. The Morgan fingerprint density at radius 3 is 2.67 bits per heavy atom. The van der Waals surface area contributed by atoms with Crippen molar-refractivity contribution in [2.75, 3.05) is 0 Å². The predicted molar refractivity (Wildman–Crippen MR) is 55.2 cm³/mol. The van der Waals surface area contributed by atoms with Gasteiger partial charge in [0.1, 0.15) is 5.75 Å². The monoisotopic (exact) mass is 258 g/mol. The number of carbonyl (C=O) groups is 2. The third-order valence-electron chi connectivity index (χ3n) is 2.73. The van der Waals surface area contributed by atoms with Crippen LogP contribution in [0.1, 0.15) is 23.5 Å². The lowest BCUT2D eigenvalue weighted by Crippen LogP contribution is -2.34. The highest BCUT2D eigenvalue weighted by Gasteiger charge is 2.46. The van der Waals surface area contributed by atoms with E-state index in [4.69, 9.17) is 4.74 Å². The molecule has 0 aliphatic carbocycles. The van der Waals surface area contributed by atoms with E-state index in [1.54, 1.807) is 13.0 Å². The number of rotatable bonds is 1. The molecule has 0 bridgehead atoms. The van der Waals surface area contributed by atoms with Gasteiger partial charge in [-0.2, -0.15) is 13.2 Å². The zero-order valence-corrected chi connectivity index (χ0v) is 9.38. The fraction of sp³-hybridized carbons (Fsp3) is 0.333. The molecule has 0 saturated heterocycles. The molecular weight excluding hydrogens is 249 g/mol. The van der Waals surface area contributed by atoms with Crippen molar-refractivity contribution in [2.45, 2.75) is 25.4 Å². The Bertz CT molecular complexity index is 520. The predicted octanol–water partition coefficient (Wildman–Crippen LogP) is 2.52. The fourth-order valence-corrected chi connectivity index (χ4v) is 1.89. The number of esters is 1. The summed E-state index contributed by atoms with van der Waals surface area (Å²) in [5, 5.41) is 0. The molecule has 1 heterocycles. The van der Waals surface area contributed by atoms with E-state index in [1.165, 1.54) is 12.1 Å². The first-order valence-corrected chi connectivity index (χ1v) is 5.21. The summed E-state index contributed by atoms with van der Waals surface area (Å²) in [5.41, 5.74) is 0.851. The molecule has 0 N–H and O–H groups in total. The molecule has 3 nitrogen and oxygen atoms in total.